The third-order valence-corrected chi connectivity index (χ3v) is 9.62. The maximum absolute atomic E-state index is 6.87. The van der Waals surface area contributed by atoms with Crippen LogP contribution in [0.5, 0.6) is 0 Å². The highest BCUT2D eigenvalue weighted by atomic mass is 35.5. The molecule has 0 fully saturated rings. The highest BCUT2D eigenvalue weighted by Crippen LogP contribution is 2.45. The minimum absolute atomic E-state index is 0.688. The standard InChI is InChI=1S/C46H30ClNO/c47-43-23-13-12-22-38(43)41-28-35(29-42-40-27-32-16-10-11-17-33(32)30-45(40)49-46(41)42)34-24-25-44(39(26-34)31-14-4-1-5-15-31)48(36-18-6-2-7-19-36)37-20-8-3-9-21-37/h1-30H. The number of halogens is 1. The van der Waals surface area contributed by atoms with Crippen molar-refractivity contribution >= 4 is 61.4 Å². The van der Waals surface area contributed by atoms with Gasteiger partial charge in [-0.25, -0.2) is 0 Å². The lowest BCUT2D eigenvalue weighted by molar-refractivity contribution is 0.670. The molecule has 8 aromatic carbocycles. The molecule has 1 heterocycles. The van der Waals surface area contributed by atoms with Crippen LogP contribution in [0.25, 0.3) is 66.1 Å². The van der Waals surface area contributed by atoms with Crippen LogP contribution in [0.4, 0.5) is 17.1 Å². The van der Waals surface area contributed by atoms with Gasteiger partial charge >= 0.3 is 0 Å². The summed E-state index contributed by atoms with van der Waals surface area (Å²) in [5.74, 6) is 0. The predicted molar refractivity (Wildman–Crippen MR) is 207 cm³/mol. The number of fused-ring (bicyclic) bond motifs is 4. The van der Waals surface area contributed by atoms with Crippen molar-refractivity contribution in [2.24, 2.45) is 0 Å². The van der Waals surface area contributed by atoms with Gasteiger partial charge < -0.3 is 9.32 Å². The molecule has 49 heavy (non-hydrogen) atoms. The van der Waals surface area contributed by atoms with Gasteiger partial charge in [0.1, 0.15) is 11.2 Å². The van der Waals surface area contributed by atoms with E-state index in [9.17, 15) is 0 Å². The van der Waals surface area contributed by atoms with Crippen LogP contribution in [0.1, 0.15) is 0 Å². The van der Waals surface area contributed by atoms with E-state index in [1.54, 1.807) is 0 Å². The first kappa shape index (κ1) is 29.1. The van der Waals surface area contributed by atoms with Crippen molar-refractivity contribution in [3.63, 3.8) is 0 Å². The summed E-state index contributed by atoms with van der Waals surface area (Å²) < 4.78 is 6.67. The lowest BCUT2D eigenvalue weighted by atomic mass is 9.92. The Morgan fingerprint density at radius 1 is 0.408 bits per heavy atom. The van der Waals surface area contributed by atoms with Crippen LogP contribution in [-0.2, 0) is 0 Å². The van der Waals surface area contributed by atoms with Crippen molar-refractivity contribution in [2.75, 3.05) is 4.90 Å². The van der Waals surface area contributed by atoms with Crippen LogP contribution in [0.15, 0.2) is 186 Å². The molecule has 0 N–H and O–H groups in total. The molecule has 2 nitrogen and oxygen atoms in total. The topological polar surface area (TPSA) is 16.4 Å². The molecule has 0 saturated carbocycles. The molecular weight excluding hydrogens is 618 g/mol. The average Bonchev–Trinajstić information content (AvgIpc) is 3.52. The van der Waals surface area contributed by atoms with Gasteiger partial charge in [-0.15, -0.1) is 0 Å². The first-order valence-electron chi connectivity index (χ1n) is 16.5. The van der Waals surface area contributed by atoms with Gasteiger partial charge in [0.15, 0.2) is 0 Å². The molecule has 0 aliphatic heterocycles. The fourth-order valence-electron chi connectivity index (χ4n) is 6.95. The molecule has 0 saturated heterocycles. The van der Waals surface area contributed by atoms with Gasteiger partial charge in [-0.3, -0.25) is 0 Å². The summed E-state index contributed by atoms with van der Waals surface area (Å²) in [6, 6.07) is 63.9. The van der Waals surface area contributed by atoms with E-state index in [2.05, 4.69) is 169 Å². The summed E-state index contributed by atoms with van der Waals surface area (Å²) in [4.78, 5) is 2.33. The van der Waals surface area contributed by atoms with Gasteiger partial charge in [-0.2, -0.15) is 0 Å². The van der Waals surface area contributed by atoms with Crippen molar-refractivity contribution in [3.8, 4) is 33.4 Å². The second kappa shape index (κ2) is 12.2. The van der Waals surface area contributed by atoms with Gasteiger partial charge in [0.2, 0.25) is 0 Å². The number of anilines is 3. The summed E-state index contributed by atoms with van der Waals surface area (Å²) >= 11 is 6.87. The van der Waals surface area contributed by atoms with E-state index in [1.807, 2.05) is 18.2 Å². The second-order valence-electron chi connectivity index (χ2n) is 12.3. The van der Waals surface area contributed by atoms with Gasteiger partial charge in [-0.05, 0) is 94.2 Å². The lowest BCUT2D eigenvalue weighted by Crippen LogP contribution is -2.11. The van der Waals surface area contributed by atoms with E-state index < -0.39 is 0 Å². The summed E-state index contributed by atoms with van der Waals surface area (Å²) in [6.45, 7) is 0. The zero-order valence-electron chi connectivity index (χ0n) is 26.6. The third-order valence-electron chi connectivity index (χ3n) is 9.29. The highest BCUT2D eigenvalue weighted by molar-refractivity contribution is 6.34. The number of para-hydroxylation sites is 2. The number of benzene rings is 8. The van der Waals surface area contributed by atoms with E-state index in [1.165, 1.54) is 5.39 Å². The fraction of sp³-hybridized carbons (Fsp3) is 0. The molecule has 0 unspecified atom stereocenters. The zero-order chi connectivity index (χ0) is 32.7. The monoisotopic (exact) mass is 647 g/mol. The Kier molecular flexibility index (Phi) is 7.22. The van der Waals surface area contributed by atoms with E-state index in [0.717, 1.165) is 77.8 Å². The second-order valence-corrected chi connectivity index (χ2v) is 12.7. The summed E-state index contributed by atoms with van der Waals surface area (Å²) in [7, 11) is 0. The number of nitrogens with zero attached hydrogens (tertiary/aromatic N) is 1. The molecule has 3 heteroatoms. The molecule has 0 aliphatic carbocycles. The maximum Gasteiger partial charge on any atom is 0.143 e. The Labute approximate surface area is 290 Å². The number of furan rings is 1. The third kappa shape index (κ3) is 5.24. The van der Waals surface area contributed by atoms with Crippen molar-refractivity contribution in [2.45, 2.75) is 0 Å². The average molecular weight is 648 g/mol. The van der Waals surface area contributed by atoms with Crippen LogP contribution in [0, 0.1) is 0 Å². The first-order chi connectivity index (χ1) is 24.2. The number of rotatable bonds is 6. The largest absolute Gasteiger partial charge is 0.455 e. The molecular formula is C46H30ClNO. The molecule has 0 radical (unpaired) electrons. The Hall–Kier alpha value is -6.09. The number of hydrogen-bond donors (Lipinski definition) is 0. The van der Waals surface area contributed by atoms with Crippen molar-refractivity contribution in [1.82, 2.24) is 0 Å². The predicted octanol–water partition coefficient (Wildman–Crippen LogP) is 13.9. The minimum atomic E-state index is 0.688. The molecule has 0 aliphatic rings. The van der Waals surface area contributed by atoms with Gasteiger partial charge in [-0.1, -0.05) is 127 Å². The summed E-state index contributed by atoms with van der Waals surface area (Å²) in [6.07, 6.45) is 0. The Morgan fingerprint density at radius 3 is 1.69 bits per heavy atom. The zero-order valence-corrected chi connectivity index (χ0v) is 27.3. The SMILES string of the molecule is Clc1ccccc1-c1cc(-c2ccc(N(c3ccccc3)c3ccccc3)c(-c3ccccc3)c2)cc2c1oc1cc3ccccc3cc12. The molecule has 0 amide bonds. The van der Waals surface area contributed by atoms with E-state index in [0.29, 0.717) is 5.02 Å². The quantitative estimate of drug-likeness (QED) is 0.178. The minimum Gasteiger partial charge on any atom is -0.455 e. The van der Waals surface area contributed by atoms with Crippen molar-refractivity contribution < 1.29 is 4.42 Å². The molecule has 0 spiro atoms. The number of hydrogen-bond acceptors (Lipinski definition) is 2. The lowest BCUT2D eigenvalue weighted by Gasteiger charge is -2.28. The normalized spacial score (nSPS) is 11.4. The molecule has 1 aromatic heterocycles. The maximum atomic E-state index is 6.87. The van der Waals surface area contributed by atoms with Crippen LogP contribution in [-0.4, -0.2) is 0 Å². The Bertz CT molecular complexity index is 2570. The van der Waals surface area contributed by atoms with Crippen molar-refractivity contribution in [1.29, 1.82) is 0 Å². The first-order valence-corrected chi connectivity index (χ1v) is 16.8. The molecule has 9 rings (SSSR count). The molecule has 0 atom stereocenters. The Morgan fingerprint density at radius 2 is 1.00 bits per heavy atom. The fourth-order valence-corrected chi connectivity index (χ4v) is 7.19. The summed E-state index contributed by atoms with van der Waals surface area (Å²) in [5, 5.41) is 5.17. The smallest absolute Gasteiger partial charge is 0.143 e. The Balaban J connectivity index is 1.31. The van der Waals surface area contributed by atoms with E-state index >= 15 is 0 Å². The van der Waals surface area contributed by atoms with Crippen molar-refractivity contribution in [3.05, 3.63) is 187 Å². The molecule has 232 valence electrons. The van der Waals surface area contributed by atoms with Gasteiger partial charge in [0.05, 0.1) is 5.69 Å². The van der Waals surface area contributed by atoms with E-state index in [-0.39, 0.29) is 0 Å². The van der Waals surface area contributed by atoms with E-state index in [4.69, 9.17) is 16.0 Å². The van der Waals surface area contributed by atoms with Crippen LogP contribution in [0.2, 0.25) is 5.02 Å². The van der Waals surface area contributed by atoms with Crippen LogP contribution < -0.4 is 4.90 Å². The molecule has 0 bridgehead atoms. The van der Waals surface area contributed by atoms with Crippen LogP contribution in [0.3, 0.4) is 0 Å². The molecule has 9 aromatic rings. The summed E-state index contributed by atoms with van der Waals surface area (Å²) in [5.41, 5.74) is 11.4. The van der Waals surface area contributed by atoms with Gasteiger partial charge in [0, 0.05) is 43.9 Å². The van der Waals surface area contributed by atoms with Gasteiger partial charge in [0.25, 0.3) is 0 Å². The van der Waals surface area contributed by atoms with Crippen LogP contribution >= 0.6 is 11.6 Å². The highest BCUT2D eigenvalue weighted by Gasteiger charge is 2.21.